The van der Waals surface area contributed by atoms with Crippen molar-refractivity contribution in [3.63, 3.8) is 0 Å². The van der Waals surface area contributed by atoms with Crippen LogP contribution in [0.4, 0.5) is 5.95 Å². The molecule has 2 aromatic carbocycles. The number of aliphatic hydroxyl groups excluding tert-OH is 1. The van der Waals surface area contributed by atoms with Gasteiger partial charge >= 0.3 is 0 Å². The first-order chi connectivity index (χ1) is 11.7. The number of carbonyl (C=O) groups is 2. The summed E-state index contributed by atoms with van der Waals surface area (Å²) in [7, 11) is 0. The van der Waals surface area contributed by atoms with Crippen LogP contribution < -0.4 is 10.6 Å². The van der Waals surface area contributed by atoms with Gasteiger partial charge in [0.2, 0.25) is 5.95 Å². The molecule has 0 aliphatic carbocycles. The van der Waals surface area contributed by atoms with Crippen LogP contribution in [0, 0.1) is 0 Å². The number of hydrogen-bond donors (Lipinski definition) is 4. The second-order valence-corrected chi connectivity index (χ2v) is 5.17. The number of nitrogens with zero attached hydrogens (tertiary/aromatic N) is 1. The lowest BCUT2D eigenvalue weighted by Crippen LogP contribution is -2.46. The van der Waals surface area contributed by atoms with E-state index < -0.39 is 24.5 Å². The molecular weight excluding hydrogens is 308 g/mol. The molecule has 0 saturated carbocycles. The Balaban J connectivity index is 1.68. The summed E-state index contributed by atoms with van der Waals surface area (Å²) in [6.07, 6.45) is 0. The number of aromatic nitrogens is 2. The fraction of sp³-hybridized carbons (Fsp3) is 0.118. The third kappa shape index (κ3) is 3.41. The van der Waals surface area contributed by atoms with Crippen LogP contribution in [-0.4, -0.2) is 39.5 Å². The normalized spacial score (nSPS) is 11.9. The largest absolute Gasteiger partial charge is 0.394 e. The SMILES string of the molecule is O=C(NC(CO)C(=O)Nc1nc2ccccc2[nH]1)c1ccccc1. The minimum atomic E-state index is -1.08. The molecule has 3 rings (SSSR count). The van der Waals surface area contributed by atoms with E-state index in [2.05, 4.69) is 20.6 Å². The number of benzene rings is 2. The molecule has 1 heterocycles. The smallest absolute Gasteiger partial charge is 0.251 e. The molecule has 1 aromatic heterocycles. The first-order valence-electron chi connectivity index (χ1n) is 7.40. The maximum Gasteiger partial charge on any atom is 0.251 e. The van der Waals surface area contributed by atoms with Gasteiger partial charge < -0.3 is 15.4 Å². The molecule has 0 saturated heterocycles. The van der Waals surface area contributed by atoms with Gasteiger partial charge in [-0.1, -0.05) is 30.3 Å². The third-order valence-electron chi connectivity index (χ3n) is 3.47. The molecule has 0 spiro atoms. The number of H-pyrrole nitrogens is 1. The third-order valence-corrected chi connectivity index (χ3v) is 3.47. The average Bonchev–Trinajstić information content (AvgIpc) is 3.02. The van der Waals surface area contributed by atoms with E-state index in [0.717, 1.165) is 5.52 Å². The Morgan fingerprint density at radius 3 is 2.50 bits per heavy atom. The molecule has 0 aliphatic rings. The highest BCUT2D eigenvalue weighted by Crippen LogP contribution is 2.13. The van der Waals surface area contributed by atoms with Gasteiger partial charge in [0, 0.05) is 5.56 Å². The van der Waals surface area contributed by atoms with Gasteiger partial charge in [-0.25, -0.2) is 4.98 Å². The Labute approximate surface area is 137 Å². The van der Waals surface area contributed by atoms with Gasteiger partial charge in [0.05, 0.1) is 17.6 Å². The van der Waals surface area contributed by atoms with E-state index in [9.17, 15) is 14.7 Å². The molecule has 7 nitrogen and oxygen atoms in total. The minimum Gasteiger partial charge on any atom is -0.394 e. The second kappa shape index (κ2) is 6.93. The lowest BCUT2D eigenvalue weighted by Gasteiger charge is -2.15. The maximum absolute atomic E-state index is 12.2. The summed E-state index contributed by atoms with van der Waals surface area (Å²) in [5.41, 5.74) is 1.90. The van der Waals surface area contributed by atoms with E-state index in [0.29, 0.717) is 11.1 Å². The molecule has 24 heavy (non-hydrogen) atoms. The van der Waals surface area contributed by atoms with Crippen molar-refractivity contribution >= 4 is 28.8 Å². The van der Waals surface area contributed by atoms with Crippen LogP contribution in [0.3, 0.4) is 0 Å². The van der Waals surface area contributed by atoms with Gasteiger partial charge in [-0.05, 0) is 24.3 Å². The second-order valence-electron chi connectivity index (χ2n) is 5.17. The Morgan fingerprint density at radius 1 is 1.08 bits per heavy atom. The number of rotatable bonds is 5. The summed E-state index contributed by atoms with van der Waals surface area (Å²) >= 11 is 0. The quantitative estimate of drug-likeness (QED) is 0.567. The number of imidazole rings is 1. The fourth-order valence-corrected chi connectivity index (χ4v) is 2.24. The summed E-state index contributed by atoms with van der Waals surface area (Å²) < 4.78 is 0. The van der Waals surface area contributed by atoms with Crippen LogP contribution in [0.25, 0.3) is 11.0 Å². The van der Waals surface area contributed by atoms with Crippen molar-refractivity contribution in [2.75, 3.05) is 11.9 Å². The zero-order valence-corrected chi connectivity index (χ0v) is 12.7. The van der Waals surface area contributed by atoms with Gasteiger partial charge in [0.1, 0.15) is 6.04 Å². The van der Waals surface area contributed by atoms with Crippen molar-refractivity contribution in [2.45, 2.75) is 6.04 Å². The lowest BCUT2D eigenvalue weighted by atomic mass is 10.2. The predicted octanol–water partition coefficient (Wildman–Crippen LogP) is 1.29. The van der Waals surface area contributed by atoms with Crippen molar-refractivity contribution in [1.29, 1.82) is 0 Å². The molecule has 0 aliphatic heterocycles. The Hall–Kier alpha value is -3.19. The van der Waals surface area contributed by atoms with Crippen LogP contribution in [0.1, 0.15) is 10.4 Å². The van der Waals surface area contributed by atoms with Crippen LogP contribution in [0.2, 0.25) is 0 Å². The molecule has 4 N–H and O–H groups in total. The van der Waals surface area contributed by atoms with Gasteiger partial charge in [-0.2, -0.15) is 0 Å². The van der Waals surface area contributed by atoms with Crippen molar-refractivity contribution in [3.8, 4) is 0 Å². The van der Waals surface area contributed by atoms with E-state index in [1.807, 2.05) is 24.3 Å². The molecule has 0 radical (unpaired) electrons. The van der Waals surface area contributed by atoms with Crippen molar-refractivity contribution < 1.29 is 14.7 Å². The Kier molecular flexibility index (Phi) is 4.53. The highest BCUT2D eigenvalue weighted by atomic mass is 16.3. The van der Waals surface area contributed by atoms with Crippen LogP contribution in [-0.2, 0) is 4.79 Å². The molecule has 7 heteroatoms. The topological polar surface area (TPSA) is 107 Å². The number of aromatic amines is 1. The summed E-state index contributed by atoms with van der Waals surface area (Å²) in [5, 5.41) is 14.5. The van der Waals surface area contributed by atoms with E-state index in [1.54, 1.807) is 30.3 Å². The molecule has 0 fully saturated rings. The van der Waals surface area contributed by atoms with Crippen molar-refractivity contribution in [2.24, 2.45) is 0 Å². The summed E-state index contributed by atoms with van der Waals surface area (Å²) in [4.78, 5) is 31.5. The van der Waals surface area contributed by atoms with Gasteiger partial charge in [-0.15, -0.1) is 0 Å². The zero-order chi connectivity index (χ0) is 16.9. The number of hydrogen-bond acceptors (Lipinski definition) is 4. The van der Waals surface area contributed by atoms with Gasteiger partial charge in [-0.3, -0.25) is 14.9 Å². The molecule has 3 aromatic rings. The predicted molar refractivity (Wildman–Crippen MR) is 89.5 cm³/mol. The molecule has 1 atom stereocenters. The Bertz CT molecular complexity index is 827. The minimum absolute atomic E-state index is 0.258. The number of anilines is 1. The van der Waals surface area contributed by atoms with Gasteiger partial charge in [0.25, 0.3) is 11.8 Å². The highest BCUT2D eigenvalue weighted by molar-refractivity contribution is 6.01. The molecule has 122 valence electrons. The van der Waals surface area contributed by atoms with Gasteiger partial charge in [0.15, 0.2) is 0 Å². The molecule has 1 unspecified atom stereocenters. The van der Waals surface area contributed by atoms with E-state index in [1.165, 1.54) is 0 Å². The summed E-state index contributed by atoms with van der Waals surface area (Å²) in [6, 6.07) is 14.7. The fourth-order valence-electron chi connectivity index (χ4n) is 2.24. The molecule has 0 bridgehead atoms. The average molecular weight is 324 g/mol. The van der Waals surface area contributed by atoms with E-state index in [-0.39, 0.29) is 5.95 Å². The number of nitrogens with one attached hydrogen (secondary N) is 3. The molecular formula is C17H16N4O3. The summed E-state index contributed by atoms with van der Waals surface area (Å²) in [5.74, 6) is -0.733. The van der Waals surface area contributed by atoms with E-state index >= 15 is 0 Å². The first kappa shape index (κ1) is 15.7. The standard InChI is InChI=1S/C17H16N4O3/c22-10-14(18-15(23)11-6-2-1-3-7-11)16(24)21-17-19-12-8-4-5-9-13(12)20-17/h1-9,14,22H,10H2,(H,18,23)(H2,19,20,21,24). The molecule has 2 amide bonds. The zero-order valence-electron chi connectivity index (χ0n) is 12.7. The number of para-hydroxylation sites is 2. The van der Waals surface area contributed by atoms with Crippen LogP contribution >= 0.6 is 0 Å². The maximum atomic E-state index is 12.2. The lowest BCUT2D eigenvalue weighted by molar-refractivity contribution is -0.118. The van der Waals surface area contributed by atoms with Crippen molar-refractivity contribution in [3.05, 3.63) is 60.2 Å². The van der Waals surface area contributed by atoms with Crippen LogP contribution in [0.5, 0.6) is 0 Å². The monoisotopic (exact) mass is 324 g/mol. The summed E-state index contributed by atoms with van der Waals surface area (Å²) in [6.45, 7) is -0.523. The highest BCUT2D eigenvalue weighted by Gasteiger charge is 2.21. The number of aliphatic hydroxyl groups is 1. The number of carbonyl (C=O) groups excluding carboxylic acids is 2. The Morgan fingerprint density at radius 2 is 1.79 bits per heavy atom. The van der Waals surface area contributed by atoms with E-state index in [4.69, 9.17) is 0 Å². The van der Waals surface area contributed by atoms with Crippen LogP contribution in [0.15, 0.2) is 54.6 Å². The number of amides is 2. The van der Waals surface area contributed by atoms with Crippen molar-refractivity contribution in [1.82, 2.24) is 15.3 Å². The first-order valence-corrected chi connectivity index (χ1v) is 7.40. The number of fused-ring (bicyclic) bond motifs is 1.